The van der Waals surface area contributed by atoms with Crippen LogP contribution in [-0.4, -0.2) is 4.98 Å². The third-order valence-electron chi connectivity index (χ3n) is 1.16. The van der Waals surface area contributed by atoms with E-state index in [0.29, 0.717) is 5.69 Å². The van der Waals surface area contributed by atoms with E-state index in [2.05, 4.69) is 4.98 Å². The minimum atomic E-state index is -0.360. The number of aromatic nitrogens is 1. The first-order valence-corrected chi connectivity index (χ1v) is 3.40. The highest BCUT2D eigenvalue weighted by atomic mass is 35.5. The van der Waals surface area contributed by atoms with Crippen LogP contribution in [0.4, 0.5) is 4.39 Å². The Hall–Kier alpha value is -0.630. The van der Waals surface area contributed by atoms with Gasteiger partial charge in [-0.1, -0.05) is 0 Å². The van der Waals surface area contributed by atoms with Crippen molar-refractivity contribution in [1.29, 1.82) is 0 Å². The van der Waals surface area contributed by atoms with Gasteiger partial charge in [-0.15, -0.1) is 11.6 Å². The molecule has 54 valence electrons. The minimum Gasteiger partial charge on any atom is -0.257 e. The molecule has 0 aromatic carbocycles. The third-order valence-corrected chi connectivity index (χ3v) is 1.37. The lowest BCUT2D eigenvalue weighted by Crippen LogP contribution is -1.93. The average molecular weight is 160 g/mol. The number of hydrogen-bond donors (Lipinski definition) is 0. The van der Waals surface area contributed by atoms with E-state index in [1.165, 1.54) is 18.3 Å². The summed E-state index contributed by atoms with van der Waals surface area (Å²) in [6.45, 7) is 1.69. The van der Waals surface area contributed by atoms with Crippen LogP contribution in [0.1, 0.15) is 18.0 Å². The Morgan fingerprint density at radius 1 is 1.70 bits per heavy atom. The van der Waals surface area contributed by atoms with Crippen LogP contribution in [0, 0.1) is 5.82 Å². The highest BCUT2D eigenvalue weighted by molar-refractivity contribution is 6.20. The van der Waals surface area contributed by atoms with Gasteiger partial charge in [0.25, 0.3) is 0 Å². The van der Waals surface area contributed by atoms with Crippen molar-refractivity contribution in [3.05, 3.63) is 29.8 Å². The fraction of sp³-hybridized carbons (Fsp3) is 0.286. The Labute approximate surface area is 63.8 Å². The third kappa shape index (κ3) is 1.45. The van der Waals surface area contributed by atoms with Crippen molar-refractivity contribution in [2.75, 3.05) is 0 Å². The predicted molar refractivity (Wildman–Crippen MR) is 38.5 cm³/mol. The maximum atomic E-state index is 12.7. The second-order valence-electron chi connectivity index (χ2n) is 1.99. The zero-order valence-corrected chi connectivity index (χ0v) is 6.27. The molecule has 0 spiro atoms. The molecule has 0 aliphatic carbocycles. The van der Waals surface area contributed by atoms with Gasteiger partial charge < -0.3 is 0 Å². The smallest absolute Gasteiger partial charge is 0.146 e. The molecule has 1 atom stereocenters. The van der Waals surface area contributed by atoms with Gasteiger partial charge in [0.15, 0.2) is 0 Å². The summed E-state index contributed by atoms with van der Waals surface area (Å²) in [7, 11) is 0. The molecule has 1 rings (SSSR count). The normalized spacial score (nSPS) is 13.1. The molecule has 0 amide bonds. The molecule has 1 aromatic rings. The maximum Gasteiger partial charge on any atom is 0.146 e. The summed E-state index contributed by atoms with van der Waals surface area (Å²) in [6.07, 6.45) is 1.53. The number of halogens is 2. The van der Waals surface area contributed by atoms with Crippen molar-refractivity contribution in [1.82, 2.24) is 4.98 Å². The number of pyridine rings is 1. The predicted octanol–water partition coefficient (Wildman–Crippen LogP) is 2.52. The van der Waals surface area contributed by atoms with Crippen LogP contribution >= 0.6 is 11.6 Å². The second kappa shape index (κ2) is 2.97. The maximum absolute atomic E-state index is 12.7. The molecule has 0 aliphatic heterocycles. The molecule has 0 fully saturated rings. The zero-order chi connectivity index (χ0) is 7.56. The fourth-order valence-corrected chi connectivity index (χ4v) is 0.851. The van der Waals surface area contributed by atoms with Crippen LogP contribution in [0.2, 0.25) is 0 Å². The summed E-state index contributed by atoms with van der Waals surface area (Å²) in [5.41, 5.74) is 0.309. The van der Waals surface area contributed by atoms with Crippen molar-refractivity contribution >= 4 is 11.6 Å². The van der Waals surface area contributed by atoms with Crippen LogP contribution in [-0.2, 0) is 0 Å². The van der Waals surface area contributed by atoms with Crippen LogP contribution in [0.5, 0.6) is 0 Å². The van der Waals surface area contributed by atoms with Gasteiger partial charge in [0, 0.05) is 6.20 Å². The van der Waals surface area contributed by atoms with E-state index in [4.69, 9.17) is 11.6 Å². The average Bonchev–Trinajstić information content (AvgIpc) is 1.88. The lowest BCUT2D eigenvalue weighted by atomic mass is 10.3. The summed E-state index contributed by atoms with van der Waals surface area (Å²) in [5, 5.41) is -0.360. The molecule has 0 saturated carbocycles. The van der Waals surface area contributed by atoms with Gasteiger partial charge in [-0.05, 0) is 19.1 Å². The van der Waals surface area contributed by atoms with E-state index in [1.807, 2.05) is 0 Å². The monoisotopic (exact) mass is 159 g/mol. The van der Waals surface area contributed by atoms with Crippen molar-refractivity contribution in [2.24, 2.45) is 0 Å². The quantitative estimate of drug-likeness (QED) is 0.574. The summed E-state index contributed by atoms with van der Waals surface area (Å²) >= 11 is 5.61. The van der Waals surface area contributed by atoms with E-state index in [1.54, 1.807) is 6.92 Å². The molecule has 3 heteroatoms. The summed E-state index contributed by atoms with van der Waals surface area (Å²) in [6, 6.07) is 2.89. The Balaban J connectivity index is 3.03. The Kier molecular flexibility index (Phi) is 2.22. The molecule has 0 radical (unpaired) electrons. The first-order valence-electron chi connectivity index (χ1n) is 2.96. The van der Waals surface area contributed by atoms with Gasteiger partial charge in [0.2, 0.25) is 0 Å². The number of alkyl halides is 1. The Morgan fingerprint density at radius 2 is 2.40 bits per heavy atom. The van der Waals surface area contributed by atoms with Crippen LogP contribution in [0.15, 0.2) is 18.3 Å². The highest BCUT2D eigenvalue weighted by Gasteiger charge is 2.06. The molecule has 0 saturated heterocycles. The van der Waals surface area contributed by atoms with Crippen LogP contribution < -0.4 is 0 Å². The Morgan fingerprint density at radius 3 is 2.80 bits per heavy atom. The summed E-state index contributed by atoms with van der Waals surface area (Å²) in [5.74, 6) is -0.343. The topological polar surface area (TPSA) is 12.9 Å². The van der Waals surface area contributed by atoms with E-state index in [0.717, 1.165) is 0 Å². The molecular weight excluding hydrogens is 153 g/mol. The molecule has 1 heterocycles. The molecule has 10 heavy (non-hydrogen) atoms. The van der Waals surface area contributed by atoms with E-state index < -0.39 is 0 Å². The van der Waals surface area contributed by atoms with Crippen molar-refractivity contribution in [2.45, 2.75) is 12.3 Å². The van der Waals surface area contributed by atoms with E-state index >= 15 is 0 Å². The first kappa shape index (κ1) is 7.48. The van der Waals surface area contributed by atoms with Gasteiger partial charge in [-0.25, -0.2) is 4.39 Å². The summed E-state index contributed by atoms with van der Waals surface area (Å²) < 4.78 is 12.7. The van der Waals surface area contributed by atoms with E-state index in [9.17, 15) is 4.39 Å². The SMILES string of the molecule is CC(Cl)c1ncccc1F. The summed E-state index contributed by atoms with van der Waals surface area (Å²) in [4.78, 5) is 3.77. The zero-order valence-electron chi connectivity index (χ0n) is 5.51. The van der Waals surface area contributed by atoms with Crippen LogP contribution in [0.3, 0.4) is 0 Å². The van der Waals surface area contributed by atoms with Gasteiger partial charge in [-0.2, -0.15) is 0 Å². The molecular formula is C7H7ClFN. The highest BCUT2D eigenvalue weighted by Crippen LogP contribution is 2.18. The van der Waals surface area contributed by atoms with Crippen molar-refractivity contribution < 1.29 is 4.39 Å². The second-order valence-corrected chi connectivity index (χ2v) is 2.64. The van der Waals surface area contributed by atoms with Gasteiger partial charge in [0.05, 0.1) is 11.1 Å². The van der Waals surface area contributed by atoms with Crippen molar-refractivity contribution in [3.63, 3.8) is 0 Å². The number of nitrogens with zero attached hydrogens (tertiary/aromatic N) is 1. The molecule has 0 bridgehead atoms. The largest absolute Gasteiger partial charge is 0.257 e. The minimum absolute atomic E-state index is 0.309. The number of rotatable bonds is 1. The number of hydrogen-bond acceptors (Lipinski definition) is 1. The molecule has 0 aliphatic rings. The molecule has 1 aromatic heterocycles. The fourth-order valence-electron chi connectivity index (χ4n) is 0.691. The molecule has 1 unspecified atom stereocenters. The lowest BCUT2D eigenvalue weighted by Gasteiger charge is -2.01. The standard InChI is InChI=1S/C7H7ClFN/c1-5(8)7-6(9)3-2-4-10-7/h2-5H,1H3. The molecule has 0 N–H and O–H groups in total. The van der Waals surface area contributed by atoms with Crippen LogP contribution in [0.25, 0.3) is 0 Å². The lowest BCUT2D eigenvalue weighted by molar-refractivity contribution is 0.599. The van der Waals surface area contributed by atoms with Gasteiger partial charge in [-0.3, -0.25) is 4.98 Å². The molecule has 1 nitrogen and oxygen atoms in total. The van der Waals surface area contributed by atoms with Gasteiger partial charge in [0.1, 0.15) is 5.82 Å². The Bertz CT molecular complexity index is 225. The van der Waals surface area contributed by atoms with Gasteiger partial charge >= 0.3 is 0 Å². The van der Waals surface area contributed by atoms with E-state index in [-0.39, 0.29) is 11.2 Å². The van der Waals surface area contributed by atoms with Crippen molar-refractivity contribution in [3.8, 4) is 0 Å². The first-order chi connectivity index (χ1) is 4.72.